The molecule has 1 heterocycles. The summed E-state index contributed by atoms with van der Waals surface area (Å²) in [4.78, 5) is 21.4. The molecule has 1 aromatic heterocycles. The summed E-state index contributed by atoms with van der Waals surface area (Å²) in [6.07, 6.45) is 0.792. The fourth-order valence-electron chi connectivity index (χ4n) is 0.791. The quantitative estimate of drug-likeness (QED) is 0.707. The zero-order valence-electron chi connectivity index (χ0n) is 6.77. The number of hydrogen-bond donors (Lipinski definition) is 1. The van der Waals surface area contributed by atoms with Gasteiger partial charge in [-0.3, -0.25) is 4.79 Å². The van der Waals surface area contributed by atoms with Crippen LogP contribution in [0.25, 0.3) is 0 Å². The molecule has 1 unspecified atom stereocenters. The van der Waals surface area contributed by atoms with Gasteiger partial charge >= 0.3 is 5.97 Å². The Morgan fingerprint density at radius 3 is 2.85 bits per heavy atom. The topological polar surface area (TPSA) is 72.2 Å². The lowest BCUT2D eigenvalue weighted by molar-refractivity contribution is -0.140. The van der Waals surface area contributed by atoms with E-state index >= 15 is 0 Å². The molecule has 0 aromatic carbocycles. The van der Waals surface area contributed by atoms with Gasteiger partial charge < -0.3 is 5.11 Å². The number of rotatable bonds is 2. The number of aliphatic carboxylic acids is 1. The van der Waals surface area contributed by atoms with E-state index in [2.05, 4.69) is 5.10 Å². The van der Waals surface area contributed by atoms with Crippen LogP contribution in [0.2, 0.25) is 0 Å². The van der Waals surface area contributed by atoms with Gasteiger partial charge in [0, 0.05) is 6.07 Å². The highest BCUT2D eigenvalue weighted by Crippen LogP contribution is 1.99. The zero-order valence-corrected chi connectivity index (χ0v) is 6.77. The lowest BCUT2D eigenvalue weighted by Gasteiger charge is -2.07. The van der Waals surface area contributed by atoms with E-state index < -0.39 is 23.4 Å². The van der Waals surface area contributed by atoms with Gasteiger partial charge in [-0.05, 0) is 6.92 Å². The van der Waals surface area contributed by atoms with Gasteiger partial charge in [0.25, 0.3) is 5.56 Å². The van der Waals surface area contributed by atoms with Crippen molar-refractivity contribution < 1.29 is 14.3 Å². The molecule has 1 N–H and O–H groups in total. The molecule has 0 spiro atoms. The molecule has 1 aromatic rings. The minimum Gasteiger partial charge on any atom is -0.480 e. The first kappa shape index (κ1) is 9.37. The maximum atomic E-state index is 12.4. The fourth-order valence-corrected chi connectivity index (χ4v) is 0.791. The van der Waals surface area contributed by atoms with Gasteiger partial charge in [0.15, 0.2) is 6.04 Å². The van der Waals surface area contributed by atoms with E-state index in [1.807, 2.05) is 0 Å². The number of aromatic nitrogens is 2. The van der Waals surface area contributed by atoms with Gasteiger partial charge in [0.2, 0.25) is 0 Å². The van der Waals surface area contributed by atoms with Gasteiger partial charge in [-0.1, -0.05) is 0 Å². The van der Waals surface area contributed by atoms with Crippen LogP contribution in [0.1, 0.15) is 13.0 Å². The molecule has 0 bridgehead atoms. The number of nitrogens with zero attached hydrogens (tertiary/aromatic N) is 2. The first-order valence-corrected chi connectivity index (χ1v) is 3.49. The van der Waals surface area contributed by atoms with Crippen LogP contribution in [-0.4, -0.2) is 20.9 Å². The van der Waals surface area contributed by atoms with Crippen LogP contribution in [0.15, 0.2) is 17.1 Å². The lowest BCUT2D eigenvalue weighted by atomic mass is 10.3. The molecular weight excluding hydrogens is 179 g/mol. The summed E-state index contributed by atoms with van der Waals surface area (Å²) in [7, 11) is 0. The van der Waals surface area contributed by atoms with E-state index in [4.69, 9.17) is 5.11 Å². The standard InChI is InChI=1S/C7H7FN2O3/c1-4(7(12)13)10-6(11)2-5(8)3-9-10/h2-4H,1H3,(H,12,13). The monoisotopic (exact) mass is 186 g/mol. The molecule has 0 aliphatic carbocycles. The van der Waals surface area contributed by atoms with E-state index in [9.17, 15) is 14.0 Å². The number of carbonyl (C=O) groups is 1. The van der Waals surface area contributed by atoms with Gasteiger partial charge in [-0.25, -0.2) is 13.9 Å². The van der Waals surface area contributed by atoms with Crippen LogP contribution < -0.4 is 5.56 Å². The second-order valence-corrected chi connectivity index (χ2v) is 2.47. The van der Waals surface area contributed by atoms with Crippen molar-refractivity contribution in [3.63, 3.8) is 0 Å². The molecule has 70 valence electrons. The Morgan fingerprint density at radius 2 is 2.38 bits per heavy atom. The third kappa shape index (κ3) is 1.90. The van der Waals surface area contributed by atoms with E-state index in [1.165, 1.54) is 6.92 Å². The molecule has 0 saturated heterocycles. The molecule has 0 aliphatic heterocycles. The Kier molecular flexibility index (Phi) is 2.41. The number of carboxylic acid groups (broad SMARTS) is 1. The summed E-state index contributed by atoms with van der Waals surface area (Å²) >= 11 is 0. The first-order valence-electron chi connectivity index (χ1n) is 3.49. The van der Waals surface area contributed by atoms with Crippen LogP contribution >= 0.6 is 0 Å². The molecule has 0 amide bonds. The van der Waals surface area contributed by atoms with Gasteiger partial charge in [0.05, 0.1) is 6.20 Å². The van der Waals surface area contributed by atoms with Gasteiger partial charge in [-0.15, -0.1) is 0 Å². The Labute approximate surface area is 72.4 Å². The average Bonchev–Trinajstić information content (AvgIpc) is 2.03. The maximum absolute atomic E-state index is 12.4. The third-order valence-corrected chi connectivity index (χ3v) is 1.52. The van der Waals surface area contributed by atoms with Crippen LogP contribution in [-0.2, 0) is 4.79 Å². The van der Waals surface area contributed by atoms with Crippen molar-refractivity contribution in [2.75, 3.05) is 0 Å². The second-order valence-electron chi connectivity index (χ2n) is 2.47. The van der Waals surface area contributed by atoms with E-state index in [0.717, 1.165) is 6.20 Å². The zero-order chi connectivity index (χ0) is 10.0. The van der Waals surface area contributed by atoms with Gasteiger partial charge in [-0.2, -0.15) is 5.10 Å². The molecule has 0 saturated carbocycles. The van der Waals surface area contributed by atoms with Crippen molar-refractivity contribution in [1.82, 2.24) is 9.78 Å². The van der Waals surface area contributed by atoms with Crippen LogP contribution in [0.3, 0.4) is 0 Å². The Balaban J connectivity index is 3.16. The largest absolute Gasteiger partial charge is 0.480 e. The number of halogens is 1. The first-order chi connectivity index (χ1) is 6.02. The highest BCUT2D eigenvalue weighted by molar-refractivity contribution is 5.71. The van der Waals surface area contributed by atoms with E-state index in [0.29, 0.717) is 10.7 Å². The van der Waals surface area contributed by atoms with Crippen molar-refractivity contribution in [2.45, 2.75) is 13.0 Å². The molecule has 1 atom stereocenters. The summed E-state index contributed by atoms with van der Waals surface area (Å²) in [5.74, 6) is -1.97. The average molecular weight is 186 g/mol. The Bertz CT molecular complexity index is 388. The third-order valence-electron chi connectivity index (χ3n) is 1.52. The van der Waals surface area contributed by atoms with Crippen molar-refractivity contribution in [2.24, 2.45) is 0 Å². The lowest BCUT2D eigenvalue weighted by Crippen LogP contribution is -2.29. The molecule has 0 fully saturated rings. The van der Waals surface area contributed by atoms with Crippen molar-refractivity contribution in [3.8, 4) is 0 Å². The molecular formula is C7H7FN2O3. The summed E-state index contributed by atoms with van der Waals surface area (Å²) in [6, 6.07) is -0.403. The summed E-state index contributed by atoms with van der Waals surface area (Å²) < 4.78 is 13.1. The van der Waals surface area contributed by atoms with E-state index in [-0.39, 0.29) is 0 Å². The maximum Gasteiger partial charge on any atom is 0.328 e. The normalized spacial score (nSPS) is 12.5. The minimum atomic E-state index is -1.19. The Morgan fingerprint density at radius 1 is 1.77 bits per heavy atom. The van der Waals surface area contributed by atoms with Crippen molar-refractivity contribution in [1.29, 1.82) is 0 Å². The molecule has 1 rings (SSSR count). The van der Waals surface area contributed by atoms with Crippen LogP contribution in [0.5, 0.6) is 0 Å². The van der Waals surface area contributed by atoms with E-state index in [1.54, 1.807) is 0 Å². The summed E-state index contributed by atoms with van der Waals surface area (Å²) in [5.41, 5.74) is -0.769. The summed E-state index contributed by atoms with van der Waals surface area (Å²) in [5, 5.41) is 11.9. The van der Waals surface area contributed by atoms with Crippen molar-refractivity contribution >= 4 is 5.97 Å². The molecule has 6 heteroatoms. The highest BCUT2D eigenvalue weighted by Gasteiger charge is 2.15. The predicted octanol–water partition coefficient (Wildman–Crippen LogP) is 0.0280. The van der Waals surface area contributed by atoms with Crippen LogP contribution in [0, 0.1) is 5.82 Å². The second kappa shape index (κ2) is 3.34. The molecule has 0 radical (unpaired) electrons. The molecule has 0 aliphatic rings. The number of hydrogen-bond acceptors (Lipinski definition) is 3. The predicted molar refractivity (Wildman–Crippen MR) is 40.8 cm³/mol. The highest BCUT2D eigenvalue weighted by atomic mass is 19.1. The molecule has 5 nitrogen and oxygen atoms in total. The van der Waals surface area contributed by atoms with Gasteiger partial charge in [0.1, 0.15) is 5.82 Å². The number of carboxylic acids is 1. The smallest absolute Gasteiger partial charge is 0.328 e. The SMILES string of the molecule is CC(C(=O)O)n1ncc(F)cc1=O. The van der Waals surface area contributed by atoms with Crippen molar-refractivity contribution in [3.05, 3.63) is 28.4 Å². The van der Waals surface area contributed by atoms with Crippen LogP contribution in [0.4, 0.5) is 4.39 Å². The molecule has 13 heavy (non-hydrogen) atoms. The minimum absolute atomic E-state index is 0.687. The Hall–Kier alpha value is -1.72. The summed E-state index contributed by atoms with van der Waals surface area (Å²) in [6.45, 7) is 1.29. The fraction of sp³-hybridized carbons (Fsp3) is 0.286.